The number of nitrogens with one attached hydrogen (secondary N) is 1. The van der Waals surface area contributed by atoms with Crippen LogP contribution in [0.15, 0.2) is 48.5 Å². The minimum Gasteiger partial charge on any atom is -0.326 e. The Balaban J connectivity index is 2.13. The molecule has 0 aromatic heterocycles. The maximum absolute atomic E-state index is 12.6. The fourth-order valence-corrected chi connectivity index (χ4v) is 1.99. The molecule has 2 aromatic rings. The van der Waals surface area contributed by atoms with E-state index >= 15 is 0 Å². The van der Waals surface area contributed by atoms with E-state index in [0.717, 1.165) is 12.1 Å². The number of nitro groups is 1. The van der Waals surface area contributed by atoms with Crippen molar-refractivity contribution in [3.8, 4) is 0 Å². The molecule has 2 aromatic carbocycles. The number of halogens is 3. The van der Waals surface area contributed by atoms with Gasteiger partial charge in [-0.3, -0.25) is 14.9 Å². The zero-order valence-corrected chi connectivity index (χ0v) is 11.6. The highest BCUT2D eigenvalue weighted by Gasteiger charge is 2.30. The molecule has 0 saturated carbocycles. The molecule has 5 nitrogen and oxygen atoms in total. The number of nitro benzene ring substituents is 1. The van der Waals surface area contributed by atoms with Crippen molar-refractivity contribution in [2.75, 3.05) is 5.32 Å². The van der Waals surface area contributed by atoms with Crippen molar-refractivity contribution >= 4 is 17.3 Å². The van der Waals surface area contributed by atoms with Crippen LogP contribution in [0.5, 0.6) is 0 Å². The van der Waals surface area contributed by atoms with Gasteiger partial charge in [0.05, 0.1) is 16.9 Å². The highest BCUT2D eigenvalue weighted by molar-refractivity contribution is 5.92. The second-order valence-corrected chi connectivity index (χ2v) is 4.69. The highest BCUT2D eigenvalue weighted by Crippen LogP contribution is 2.30. The van der Waals surface area contributed by atoms with Gasteiger partial charge >= 0.3 is 6.18 Å². The highest BCUT2D eigenvalue weighted by atomic mass is 19.4. The zero-order chi connectivity index (χ0) is 17.0. The summed E-state index contributed by atoms with van der Waals surface area (Å²) in [5.74, 6) is -0.640. The molecule has 0 aliphatic carbocycles. The first-order valence-corrected chi connectivity index (χ1v) is 6.47. The molecule has 1 amide bonds. The van der Waals surface area contributed by atoms with Gasteiger partial charge in [-0.1, -0.05) is 24.3 Å². The lowest BCUT2D eigenvalue weighted by molar-refractivity contribution is -0.385. The number of hydrogen-bond donors (Lipinski definition) is 1. The van der Waals surface area contributed by atoms with Crippen LogP contribution in [-0.2, 0) is 17.4 Å². The average molecular weight is 324 g/mol. The minimum atomic E-state index is -4.51. The molecule has 120 valence electrons. The Morgan fingerprint density at radius 3 is 2.48 bits per heavy atom. The lowest BCUT2D eigenvalue weighted by Crippen LogP contribution is -2.16. The van der Waals surface area contributed by atoms with Crippen molar-refractivity contribution in [3.05, 3.63) is 69.8 Å². The van der Waals surface area contributed by atoms with E-state index in [1.807, 2.05) is 0 Å². The first kappa shape index (κ1) is 16.5. The summed E-state index contributed by atoms with van der Waals surface area (Å²) in [5.41, 5.74) is -0.946. The number of rotatable bonds is 4. The number of alkyl halides is 3. The number of carbonyl (C=O) groups excluding carboxylic acids is 1. The Kier molecular flexibility index (Phi) is 4.63. The van der Waals surface area contributed by atoms with Crippen LogP contribution in [0.4, 0.5) is 24.5 Å². The largest absolute Gasteiger partial charge is 0.416 e. The van der Waals surface area contributed by atoms with Crippen molar-refractivity contribution in [3.63, 3.8) is 0 Å². The summed E-state index contributed by atoms with van der Waals surface area (Å²) in [7, 11) is 0. The van der Waals surface area contributed by atoms with E-state index in [9.17, 15) is 28.1 Å². The smallest absolute Gasteiger partial charge is 0.326 e. The van der Waals surface area contributed by atoms with E-state index in [0.29, 0.717) is 0 Å². The SMILES string of the molecule is O=C(Cc1ccccc1[N+](=O)[O-])Nc1cccc(C(F)(F)F)c1. The zero-order valence-electron chi connectivity index (χ0n) is 11.6. The molecule has 0 radical (unpaired) electrons. The second-order valence-electron chi connectivity index (χ2n) is 4.69. The van der Waals surface area contributed by atoms with Gasteiger partial charge in [-0.25, -0.2) is 0 Å². The standard InChI is InChI=1S/C15H11F3N2O3/c16-15(17,18)11-5-3-6-12(9-11)19-14(21)8-10-4-1-2-7-13(10)20(22)23/h1-7,9H,8H2,(H,19,21). The van der Waals surface area contributed by atoms with E-state index in [-0.39, 0.29) is 23.4 Å². The van der Waals surface area contributed by atoms with E-state index in [4.69, 9.17) is 0 Å². The number of anilines is 1. The molecule has 8 heteroatoms. The van der Waals surface area contributed by atoms with E-state index in [2.05, 4.69) is 5.32 Å². The van der Waals surface area contributed by atoms with Crippen LogP contribution in [0.1, 0.15) is 11.1 Å². The molecule has 0 unspecified atom stereocenters. The Labute approximate surface area is 128 Å². The summed E-state index contributed by atoms with van der Waals surface area (Å²) in [6.45, 7) is 0. The van der Waals surface area contributed by atoms with Crippen molar-refractivity contribution < 1.29 is 22.9 Å². The number of benzene rings is 2. The number of nitrogens with zero attached hydrogens (tertiary/aromatic N) is 1. The maximum Gasteiger partial charge on any atom is 0.416 e. The average Bonchev–Trinajstić information content (AvgIpc) is 2.46. The van der Waals surface area contributed by atoms with Gasteiger partial charge in [0.2, 0.25) is 5.91 Å². The van der Waals surface area contributed by atoms with Gasteiger partial charge in [0.25, 0.3) is 5.69 Å². The molecular formula is C15H11F3N2O3. The molecule has 0 bridgehead atoms. The lowest BCUT2D eigenvalue weighted by atomic mass is 10.1. The van der Waals surface area contributed by atoms with Crippen molar-refractivity contribution in [1.29, 1.82) is 0 Å². The van der Waals surface area contributed by atoms with Crippen LogP contribution in [-0.4, -0.2) is 10.8 Å². The third-order valence-electron chi connectivity index (χ3n) is 3.01. The molecule has 0 aliphatic heterocycles. The van der Waals surface area contributed by atoms with Gasteiger partial charge in [-0.15, -0.1) is 0 Å². The van der Waals surface area contributed by atoms with Gasteiger partial charge in [-0.2, -0.15) is 13.2 Å². The number of carbonyl (C=O) groups is 1. The lowest BCUT2D eigenvalue weighted by Gasteiger charge is -2.10. The van der Waals surface area contributed by atoms with Crippen LogP contribution in [0.2, 0.25) is 0 Å². The molecule has 1 N–H and O–H groups in total. The molecule has 0 aliphatic rings. The Morgan fingerprint density at radius 1 is 1.13 bits per heavy atom. The molecule has 0 heterocycles. The van der Waals surface area contributed by atoms with Gasteiger partial charge in [0.15, 0.2) is 0 Å². The quantitative estimate of drug-likeness (QED) is 0.687. The van der Waals surface area contributed by atoms with E-state index in [1.54, 1.807) is 6.07 Å². The van der Waals surface area contributed by atoms with Gasteiger partial charge in [-0.05, 0) is 18.2 Å². The number of para-hydroxylation sites is 1. The third kappa shape index (κ3) is 4.29. The van der Waals surface area contributed by atoms with E-state index in [1.165, 1.54) is 30.3 Å². The van der Waals surface area contributed by atoms with Crippen LogP contribution in [0.25, 0.3) is 0 Å². The first-order valence-electron chi connectivity index (χ1n) is 6.47. The molecule has 0 atom stereocenters. The molecular weight excluding hydrogens is 313 g/mol. The van der Waals surface area contributed by atoms with Crippen molar-refractivity contribution in [2.45, 2.75) is 12.6 Å². The topological polar surface area (TPSA) is 72.2 Å². The summed E-state index contributed by atoms with van der Waals surface area (Å²) < 4.78 is 37.8. The monoisotopic (exact) mass is 324 g/mol. The summed E-state index contributed by atoms with van der Waals surface area (Å²) in [6.07, 6.45) is -4.83. The Hall–Kier alpha value is -2.90. The molecule has 0 saturated heterocycles. The van der Waals surface area contributed by atoms with Gasteiger partial charge < -0.3 is 5.32 Å². The maximum atomic E-state index is 12.6. The van der Waals surface area contributed by atoms with Crippen molar-refractivity contribution in [1.82, 2.24) is 0 Å². The number of hydrogen-bond acceptors (Lipinski definition) is 3. The van der Waals surface area contributed by atoms with E-state index < -0.39 is 22.6 Å². The van der Waals surface area contributed by atoms with Crippen molar-refractivity contribution in [2.24, 2.45) is 0 Å². The van der Waals surface area contributed by atoms with Crippen LogP contribution in [0.3, 0.4) is 0 Å². The van der Waals surface area contributed by atoms with Crippen LogP contribution < -0.4 is 5.32 Å². The second kappa shape index (κ2) is 6.47. The normalized spacial score (nSPS) is 11.1. The first-order chi connectivity index (χ1) is 10.8. The summed E-state index contributed by atoms with van der Waals surface area (Å²) in [5, 5.41) is 13.2. The van der Waals surface area contributed by atoms with Crippen LogP contribution in [0, 0.1) is 10.1 Å². The summed E-state index contributed by atoms with van der Waals surface area (Å²) >= 11 is 0. The number of amides is 1. The van der Waals surface area contributed by atoms with Gasteiger partial charge in [0.1, 0.15) is 0 Å². The predicted octanol–water partition coefficient (Wildman–Crippen LogP) is 3.79. The fraction of sp³-hybridized carbons (Fsp3) is 0.133. The molecule has 0 spiro atoms. The molecule has 2 rings (SSSR count). The molecule has 0 fully saturated rings. The fourth-order valence-electron chi connectivity index (χ4n) is 1.99. The summed E-state index contributed by atoms with van der Waals surface area (Å²) in [6, 6.07) is 9.86. The van der Waals surface area contributed by atoms with Gasteiger partial charge in [0, 0.05) is 17.3 Å². The van der Waals surface area contributed by atoms with Crippen LogP contribution >= 0.6 is 0 Å². The summed E-state index contributed by atoms with van der Waals surface area (Å²) in [4.78, 5) is 22.1. The Morgan fingerprint density at radius 2 is 1.83 bits per heavy atom. The Bertz CT molecular complexity index is 745. The molecule has 23 heavy (non-hydrogen) atoms. The minimum absolute atomic E-state index is 0.0246. The predicted molar refractivity (Wildman–Crippen MR) is 76.9 cm³/mol. The third-order valence-corrected chi connectivity index (χ3v) is 3.01.